The van der Waals surface area contributed by atoms with Crippen molar-refractivity contribution in [3.63, 3.8) is 0 Å². The Balaban J connectivity index is -0.000000132. The number of unbranched alkanes of at least 4 members (excludes halogenated alkanes) is 3. The van der Waals surface area contributed by atoms with E-state index in [-0.39, 0.29) is 17.8 Å². The van der Waals surface area contributed by atoms with Crippen LogP contribution in [0.3, 0.4) is 0 Å². The van der Waals surface area contributed by atoms with E-state index in [2.05, 4.69) is 20.8 Å². The molecule has 0 N–H and O–H groups in total. The van der Waals surface area contributed by atoms with Crippen LogP contribution in [0.2, 0.25) is 0 Å². The van der Waals surface area contributed by atoms with E-state index in [1.807, 2.05) is 48.5 Å². The van der Waals surface area contributed by atoms with E-state index in [1.54, 1.807) is 41.6 Å². The van der Waals surface area contributed by atoms with Gasteiger partial charge in [-0.15, -0.1) is 0 Å². The first-order chi connectivity index (χ1) is 18.7. The van der Waals surface area contributed by atoms with Gasteiger partial charge in [0.2, 0.25) is 0 Å². The average molecular weight is 647 g/mol. The Morgan fingerprint density at radius 3 is 0.700 bits per heavy atom. The fraction of sp³-hybridized carbons (Fsp3) is 1.00. The normalized spacial score (nSPS) is 13.0. The summed E-state index contributed by atoms with van der Waals surface area (Å²) in [6, 6.07) is 0. The van der Waals surface area contributed by atoms with Crippen LogP contribution >= 0.6 is 0 Å². The molecule has 0 radical (unpaired) electrons. The van der Waals surface area contributed by atoms with Crippen molar-refractivity contribution >= 4 is 0 Å². The molecule has 0 aliphatic heterocycles. The summed E-state index contributed by atoms with van der Waals surface area (Å²) in [5, 5.41) is 62.5. The summed E-state index contributed by atoms with van der Waals surface area (Å²) in [7, 11) is 0. The van der Waals surface area contributed by atoms with Crippen LogP contribution in [-0.4, -0.2) is 31.1 Å². The predicted octanol–water partition coefficient (Wildman–Crippen LogP) is 2.49. The van der Waals surface area contributed by atoms with Crippen molar-refractivity contribution in [3.05, 3.63) is 0 Å². The second-order valence-electron chi connectivity index (χ2n) is 10.4. The molecule has 0 aromatic carbocycles. The molecule has 0 amide bonds. The number of hydrogen-bond donors (Lipinski definition) is 0. The van der Waals surface area contributed by atoms with Gasteiger partial charge in [-0.3, -0.25) is 0 Å². The van der Waals surface area contributed by atoms with E-state index in [9.17, 15) is 30.6 Å². The van der Waals surface area contributed by atoms with E-state index < -0.39 is 18.9 Å². The third-order valence-corrected chi connectivity index (χ3v) is 7.46. The molecule has 8 nitrogen and oxygen atoms in total. The maximum absolute atomic E-state index is 10.4. The zero-order valence-corrected chi connectivity index (χ0v) is 30.5. The smallest absolute Gasteiger partial charge is 0.0528 e. The molecule has 10 heteroatoms. The Kier molecular flexibility index (Phi) is 50.9. The molecule has 0 spiro atoms. The van der Waals surface area contributed by atoms with Gasteiger partial charge < -0.3 is 30.6 Å². The quantitative estimate of drug-likeness (QED) is 0.172. The molecule has 0 fully saturated rings. The average Bonchev–Trinajstić information content (AvgIpc) is 2.90. The summed E-state index contributed by atoms with van der Waals surface area (Å²) in [5.41, 5.74) is 0. The van der Waals surface area contributed by atoms with E-state index in [0.717, 1.165) is 77.0 Å². The monoisotopic (exact) mass is 646 g/mol. The fourth-order valence-electron chi connectivity index (χ4n) is 3.00. The summed E-state index contributed by atoms with van der Waals surface area (Å²) < 4.78 is 9.50. The number of rotatable bonds is 17. The van der Waals surface area contributed by atoms with Crippen LogP contribution in [0.15, 0.2) is 0 Å². The van der Waals surface area contributed by atoms with E-state index in [1.165, 1.54) is 0 Å². The zero-order chi connectivity index (χ0) is 32.5. The molecule has 0 aromatic rings. The standard InChI is InChI=1S/3C8H16O2.2C3H7O.2Ti/c3*1-3-5-6-7(4-2)8(9)10;2*1-3(2)4;;/h3*7-8H,3-6H2,1-2H3;2*3H,1-2H3;;/q3*-2;2*-1;2*+4. The minimum absolute atomic E-state index is 0.139. The summed E-state index contributed by atoms with van der Waals surface area (Å²) in [5.74, 6) is -0.417. The van der Waals surface area contributed by atoms with Crippen LogP contribution in [0.25, 0.3) is 0 Å². The van der Waals surface area contributed by atoms with E-state index in [4.69, 9.17) is 6.64 Å². The number of hydrogen-bond acceptors (Lipinski definition) is 8. The maximum atomic E-state index is 10.4. The van der Waals surface area contributed by atoms with Gasteiger partial charge in [0.05, 0.1) is 0 Å². The third kappa shape index (κ3) is 46.1. The summed E-state index contributed by atoms with van der Waals surface area (Å²) in [6.07, 6.45) is 6.82. The molecule has 0 aliphatic carbocycles. The zero-order valence-electron chi connectivity index (χ0n) is 27.4. The van der Waals surface area contributed by atoms with Gasteiger partial charge >= 0.3 is 88.2 Å². The minimum atomic E-state index is -1.61. The van der Waals surface area contributed by atoms with Gasteiger partial charge in [0.25, 0.3) is 0 Å². The fourth-order valence-corrected chi connectivity index (χ4v) is 3.00. The predicted molar refractivity (Wildman–Crippen MR) is 144 cm³/mol. The summed E-state index contributed by atoms with van der Waals surface area (Å²) in [4.78, 5) is 0. The third-order valence-electron chi connectivity index (χ3n) is 5.98. The van der Waals surface area contributed by atoms with E-state index >= 15 is 0 Å². The molecular formula is C30H62O8Ti2. The molecule has 0 rings (SSSR count). The maximum Gasteiger partial charge on any atom is -0.0528 e. The first kappa shape index (κ1) is 50.7. The Morgan fingerprint density at radius 2 is 0.625 bits per heavy atom. The van der Waals surface area contributed by atoms with Crippen molar-refractivity contribution in [2.45, 2.75) is 177 Å². The molecule has 0 bridgehead atoms. The molecular weight excluding hydrogens is 584 g/mol. The Hall–Kier alpha value is 1.11. The van der Waals surface area contributed by atoms with Gasteiger partial charge in [-0.05, 0) is 0 Å². The van der Waals surface area contributed by atoms with Crippen molar-refractivity contribution < 1.29 is 78.9 Å². The van der Waals surface area contributed by atoms with Crippen molar-refractivity contribution in [2.75, 3.05) is 0 Å². The topological polar surface area (TPSA) is 157 Å². The van der Waals surface area contributed by atoms with Crippen LogP contribution in [0, 0.1) is 17.8 Å². The van der Waals surface area contributed by atoms with Crippen molar-refractivity contribution in [2.24, 2.45) is 17.8 Å². The molecule has 0 aromatic heterocycles. The Labute approximate surface area is 272 Å². The van der Waals surface area contributed by atoms with Crippen LogP contribution in [-0.2, 0) is 48.3 Å². The Morgan fingerprint density at radius 1 is 0.450 bits per heavy atom. The van der Waals surface area contributed by atoms with Crippen LogP contribution < -0.4 is 30.6 Å². The molecule has 3 atom stereocenters. The van der Waals surface area contributed by atoms with Gasteiger partial charge in [0.15, 0.2) is 0 Å². The first-order valence-electron chi connectivity index (χ1n) is 15.3. The largest absolute Gasteiger partial charge is 0.865 e. The minimum Gasteiger partial charge on any atom is -0.865 e. The molecule has 238 valence electrons. The molecule has 0 heterocycles. The second kappa shape index (κ2) is 40.1. The molecule has 0 saturated heterocycles. The molecule has 40 heavy (non-hydrogen) atoms. The summed E-state index contributed by atoms with van der Waals surface area (Å²) in [6.45, 7) is 19.9. The molecule has 3 unspecified atom stereocenters. The van der Waals surface area contributed by atoms with Crippen molar-refractivity contribution in [1.29, 1.82) is 0 Å². The van der Waals surface area contributed by atoms with Gasteiger partial charge in [0.1, 0.15) is 0 Å². The van der Waals surface area contributed by atoms with E-state index in [0.29, 0.717) is 12.2 Å². The van der Waals surface area contributed by atoms with Crippen LogP contribution in [0.4, 0.5) is 0 Å². The van der Waals surface area contributed by atoms with Gasteiger partial charge in [0, 0.05) is 0 Å². The van der Waals surface area contributed by atoms with Gasteiger partial charge in [-0.1, -0.05) is 136 Å². The summed E-state index contributed by atoms with van der Waals surface area (Å²) >= 11 is 3.40. The van der Waals surface area contributed by atoms with Crippen LogP contribution in [0.5, 0.6) is 0 Å². The first-order valence-corrected chi connectivity index (χ1v) is 16.6. The molecule has 0 aliphatic rings. The molecule has 0 saturated carbocycles. The van der Waals surface area contributed by atoms with Crippen molar-refractivity contribution in [3.8, 4) is 0 Å². The SMILES string of the molecule is CC(C)[O][Ti+3].CC(C)[O][Ti+3].CCCCC(CC)C([O-])[O-].CCCCC(CC)C([O-])[O-].CCCCC(CC)C([O-])[O-]. The van der Waals surface area contributed by atoms with Gasteiger partial charge in [-0.25, -0.2) is 18.9 Å². The Bertz CT molecular complexity index is 373. The second-order valence-corrected chi connectivity index (χ2v) is 11.1. The van der Waals surface area contributed by atoms with Gasteiger partial charge in [-0.2, -0.15) is 0 Å². The van der Waals surface area contributed by atoms with Crippen molar-refractivity contribution in [1.82, 2.24) is 0 Å². The van der Waals surface area contributed by atoms with Crippen LogP contribution in [0.1, 0.15) is 146 Å².